The van der Waals surface area contributed by atoms with Gasteiger partial charge in [0.15, 0.2) is 5.78 Å². The first-order chi connectivity index (χ1) is 9.54. The van der Waals surface area contributed by atoms with E-state index in [1.54, 1.807) is 19.2 Å². The highest BCUT2D eigenvalue weighted by Crippen LogP contribution is 2.37. The van der Waals surface area contributed by atoms with Crippen LogP contribution >= 0.6 is 0 Å². The number of ether oxygens (including phenoxy) is 1. The first-order valence-corrected chi connectivity index (χ1v) is 7.10. The number of Topliss-reactive ketones (excluding diaryl/α,β-unsaturated/α-hetero) is 1. The number of hydrogen-bond acceptors (Lipinski definition) is 3. The molecule has 0 spiro atoms. The van der Waals surface area contributed by atoms with Crippen LogP contribution in [0.2, 0.25) is 0 Å². The minimum atomic E-state index is -0.332. The van der Waals surface area contributed by atoms with Gasteiger partial charge in [-0.25, -0.2) is 4.39 Å². The molecule has 2 rings (SSSR count). The molecule has 1 aliphatic rings. The van der Waals surface area contributed by atoms with Gasteiger partial charge in [0.2, 0.25) is 0 Å². The Kier molecular flexibility index (Phi) is 4.76. The van der Waals surface area contributed by atoms with Gasteiger partial charge in [-0.3, -0.25) is 4.79 Å². The summed E-state index contributed by atoms with van der Waals surface area (Å²) in [5.74, 6) is 0.189. The third kappa shape index (κ3) is 3.37. The van der Waals surface area contributed by atoms with Crippen LogP contribution in [0.5, 0.6) is 0 Å². The topological polar surface area (TPSA) is 29.5 Å². The highest BCUT2D eigenvalue weighted by molar-refractivity contribution is 5.94. The Hall–Kier alpha value is -1.42. The van der Waals surface area contributed by atoms with Gasteiger partial charge in [-0.05, 0) is 50.8 Å². The first-order valence-electron chi connectivity index (χ1n) is 7.10. The van der Waals surface area contributed by atoms with E-state index >= 15 is 0 Å². The molecule has 4 heteroatoms. The van der Waals surface area contributed by atoms with Crippen molar-refractivity contribution in [1.29, 1.82) is 0 Å². The molecule has 0 saturated heterocycles. The van der Waals surface area contributed by atoms with Crippen LogP contribution in [0.3, 0.4) is 0 Å². The monoisotopic (exact) mass is 279 g/mol. The summed E-state index contributed by atoms with van der Waals surface area (Å²) in [4.78, 5) is 13.4. The summed E-state index contributed by atoms with van der Waals surface area (Å²) < 4.78 is 19.4. The molecular formula is C16H22FNO2. The molecule has 1 aromatic rings. The zero-order valence-electron chi connectivity index (χ0n) is 12.4. The molecule has 1 fully saturated rings. The van der Waals surface area contributed by atoms with Crippen molar-refractivity contribution in [3.05, 3.63) is 29.6 Å². The standard InChI is InChI=1S/C16H22FNO2/c1-11(13-4-5-13)18(8-9-20-3)16-7-6-14(12(2)19)10-15(16)17/h6-7,10-11,13H,4-5,8-9H2,1-3H3. The summed E-state index contributed by atoms with van der Waals surface area (Å²) in [6.45, 7) is 4.80. The maximum atomic E-state index is 14.3. The van der Waals surface area contributed by atoms with E-state index in [4.69, 9.17) is 4.74 Å². The maximum absolute atomic E-state index is 14.3. The van der Waals surface area contributed by atoms with Gasteiger partial charge in [0.1, 0.15) is 5.82 Å². The van der Waals surface area contributed by atoms with Crippen molar-refractivity contribution >= 4 is 11.5 Å². The van der Waals surface area contributed by atoms with Gasteiger partial charge in [0.05, 0.1) is 12.3 Å². The van der Waals surface area contributed by atoms with Crippen LogP contribution in [0.15, 0.2) is 18.2 Å². The number of halogens is 1. The van der Waals surface area contributed by atoms with Crippen LogP contribution in [-0.4, -0.2) is 32.1 Å². The molecular weight excluding hydrogens is 257 g/mol. The Morgan fingerprint density at radius 2 is 2.20 bits per heavy atom. The molecule has 0 radical (unpaired) electrons. The van der Waals surface area contributed by atoms with Crippen LogP contribution in [0.4, 0.5) is 10.1 Å². The highest BCUT2D eigenvalue weighted by atomic mass is 19.1. The number of anilines is 1. The van der Waals surface area contributed by atoms with Crippen LogP contribution in [0.1, 0.15) is 37.0 Å². The second-order valence-corrected chi connectivity index (χ2v) is 5.49. The minimum absolute atomic E-state index is 0.117. The predicted molar refractivity (Wildman–Crippen MR) is 77.8 cm³/mol. The van der Waals surface area contributed by atoms with Crippen molar-refractivity contribution in [1.82, 2.24) is 0 Å². The number of carbonyl (C=O) groups excluding carboxylic acids is 1. The van der Waals surface area contributed by atoms with E-state index in [1.165, 1.54) is 25.8 Å². The normalized spacial score (nSPS) is 16.0. The van der Waals surface area contributed by atoms with Gasteiger partial charge in [0.25, 0.3) is 0 Å². The second-order valence-electron chi connectivity index (χ2n) is 5.49. The maximum Gasteiger partial charge on any atom is 0.159 e. The lowest BCUT2D eigenvalue weighted by molar-refractivity contribution is 0.101. The summed E-state index contributed by atoms with van der Waals surface area (Å²) in [6.07, 6.45) is 2.41. The lowest BCUT2D eigenvalue weighted by atomic mass is 10.1. The number of carbonyl (C=O) groups is 1. The first kappa shape index (κ1) is 15.0. The van der Waals surface area contributed by atoms with Gasteiger partial charge >= 0.3 is 0 Å². The molecule has 1 aliphatic carbocycles. The van der Waals surface area contributed by atoms with E-state index in [-0.39, 0.29) is 11.6 Å². The van der Waals surface area contributed by atoms with Crippen molar-refractivity contribution < 1.29 is 13.9 Å². The number of nitrogens with zero attached hydrogens (tertiary/aromatic N) is 1. The van der Waals surface area contributed by atoms with Crippen LogP contribution in [0.25, 0.3) is 0 Å². The van der Waals surface area contributed by atoms with Crippen LogP contribution < -0.4 is 4.90 Å². The minimum Gasteiger partial charge on any atom is -0.383 e. The molecule has 1 unspecified atom stereocenters. The third-order valence-electron chi connectivity index (χ3n) is 4.00. The number of rotatable bonds is 7. The lowest BCUT2D eigenvalue weighted by Gasteiger charge is -2.31. The average Bonchev–Trinajstić information content (AvgIpc) is 3.24. The highest BCUT2D eigenvalue weighted by Gasteiger charge is 2.33. The third-order valence-corrected chi connectivity index (χ3v) is 4.00. The number of hydrogen-bond donors (Lipinski definition) is 0. The number of benzene rings is 1. The molecule has 1 saturated carbocycles. The molecule has 20 heavy (non-hydrogen) atoms. The van der Waals surface area contributed by atoms with E-state index in [2.05, 4.69) is 11.8 Å². The fourth-order valence-corrected chi connectivity index (χ4v) is 2.53. The zero-order chi connectivity index (χ0) is 14.7. The lowest BCUT2D eigenvalue weighted by Crippen LogP contribution is -2.37. The fourth-order valence-electron chi connectivity index (χ4n) is 2.53. The van der Waals surface area contributed by atoms with E-state index in [9.17, 15) is 9.18 Å². The van der Waals surface area contributed by atoms with Gasteiger partial charge < -0.3 is 9.64 Å². The molecule has 0 aliphatic heterocycles. The van der Waals surface area contributed by atoms with Crippen molar-refractivity contribution in [2.45, 2.75) is 32.7 Å². The van der Waals surface area contributed by atoms with Gasteiger partial charge in [-0.1, -0.05) is 0 Å². The molecule has 0 aromatic heterocycles. The second kappa shape index (κ2) is 6.35. The average molecular weight is 279 g/mol. The van der Waals surface area contributed by atoms with Crippen molar-refractivity contribution in [2.24, 2.45) is 5.92 Å². The van der Waals surface area contributed by atoms with E-state index < -0.39 is 0 Å². The molecule has 0 heterocycles. The SMILES string of the molecule is COCCN(c1ccc(C(C)=O)cc1F)C(C)C1CC1. The molecule has 110 valence electrons. The van der Waals surface area contributed by atoms with E-state index in [1.807, 2.05) is 0 Å². The number of ketones is 1. The van der Waals surface area contributed by atoms with Gasteiger partial charge in [-0.15, -0.1) is 0 Å². The van der Waals surface area contributed by atoms with Crippen molar-refractivity contribution in [2.75, 3.05) is 25.2 Å². The Labute approximate surface area is 119 Å². The van der Waals surface area contributed by atoms with Gasteiger partial charge in [0, 0.05) is 25.3 Å². The van der Waals surface area contributed by atoms with E-state index in [0.717, 1.165) is 0 Å². The summed E-state index contributed by atoms with van der Waals surface area (Å²) >= 11 is 0. The summed E-state index contributed by atoms with van der Waals surface area (Å²) in [6, 6.07) is 5.03. The Bertz CT molecular complexity index is 485. The Morgan fingerprint density at radius 1 is 1.50 bits per heavy atom. The fraction of sp³-hybridized carbons (Fsp3) is 0.562. The van der Waals surface area contributed by atoms with Crippen LogP contribution in [0, 0.1) is 11.7 Å². The summed E-state index contributed by atoms with van der Waals surface area (Å²) in [7, 11) is 1.65. The van der Waals surface area contributed by atoms with Gasteiger partial charge in [-0.2, -0.15) is 0 Å². The van der Waals surface area contributed by atoms with Crippen LogP contribution in [-0.2, 0) is 4.74 Å². The molecule has 0 bridgehead atoms. The smallest absolute Gasteiger partial charge is 0.159 e. The van der Waals surface area contributed by atoms with Crippen molar-refractivity contribution in [3.63, 3.8) is 0 Å². The molecule has 3 nitrogen and oxygen atoms in total. The Morgan fingerprint density at radius 3 is 2.70 bits per heavy atom. The largest absolute Gasteiger partial charge is 0.383 e. The van der Waals surface area contributed by atoms with Crippen molar-refractivity contribution in [3.8, 4) is 0 Å². The summed E-state index contributed by atoms with van der Waals surface area (Å²) in [5, 5.41) is 0. The number of methoxy groups -OCH3 is 1. The molecule has 1 aromatic carbocycles. The summed E-state index contributed by atoms with van der Waals surface area (Å²) in [5.41, 5.74) is 0.975. The predicted octanol–water partition coefficient (Wildman–Crippen LogP) is 3.28. The Balaban J connectivity index is 2.25. The quantitative estimate of drug-likeness (QED) is 0.717. The zero-order valence-corrected chi connectivity index (χ0v) is 12.4. The molecule has 0 amide bonds. The molecule has 1 atom stereocenters. The van der Waals surface area contributed by atoms with E-state index in [0.29, 0.717) is 36.4 Å². The molecule has 0 N–H and O–H groups in total.